The van der Waals surface area contributed by atoms with Gasteiger partial charge in [-0.3, -0.25) is 4.79 Å². The zero-order chi connectivity index (χ0) is 28.3. The summed E-state index contributed by atoms with van der Waals surface area (Å²) in [6.45, 7) is 2.37. The first kappa shape index (κ1) is 27.1. The minimum absolute atomic E-state index is 0.0252. The van der Waals surface area contributed by atoms with E-state index in [-0.39, 0.29) is 18.0 Å². The number of fused-ring (bicyclic) bond motifs is 1. The number of aromatic nitrogens is 1. The molecule has 212 valence electrons. The lowest BCUT2D eigenvalue weighted by atomic mass is 9.81. The highest BCUT2D eigenvalue weighted by Gasteiger charge is 2.29. The van der Waals surface area contributed by atoms with Crippen LogP contribution in [0.5, 0.6) is 5.75 Å². The number of aromatic carboxylic acids is 1. The lowest BCUT2D eigenvalue weighted by Gasteiger charge is -2.28. The van der Waals surface area contributed by atoms with Crippen molar-refractivity contribution in [2.24, 2.45) is 0 Å². The van der Waals surface area contributed by atoms with E-state index in [1.165, 1.54) is 24.8 Å². The van der Waals surface area contributed by atoms with Crippen LogP contribution in [0.15, 0.2) is 66.7 Å². The van der Waals surface area contributed by atoms with Crippen LogP contribution in [0.25, 0.3) is 33.3 Å². The molecule has 1 saturated carbocycles. The van der Waals surface area contributed by atoms with Gasteiger partial charge in [0.05, 0.1) is 37.1 Å². The third-order valence-electron chi connectivity index (χ3n) is 8.60. The number of morpholine rings is 1. The highest BCUT2D eigenvalue weighted by atomic mass is 16.5. The second-order valence-electron chi connectivity index (χ2n) is 11.0. The van der Waals surface area contributed by atoms with Crippen LogP contribution in [-0.2, 0) is 16.1 Å². The van der Waals surface area contributed by atoms with E-state index in [1.54, 1.807) is 19.2 Å². The molecule has 1 aliphatic carbocycles. The summed E-state index contributed by atoms with van der Waals surface area (Å²) in [6.07, 6.45) is 5.77. The van der Waals surface area contributed by atoms with E-state index in [0.29, 0.717) is 32.2 Å². The van der Waals surface area contributed by atoms with Crippen LogP contribution in [0.4, 0.5) is 0 Å². The highest BCUT2D eigenvalue weighted by Crippen LogP contribution is 2.44. The Morgan fingerprint density at radius 1 is 0.878 bits per heavy atom. The van der Waals surface area contributed by atoms with Crippen molar-refractivity contribution >= 4 is 22.8 Å². The van der Waals surface area contributed by atoms with Crippen LogP contribution in [0.2, 0.25) is 0 Å². The Morgan fingerprint density at radius 2 is 1.51 bits per heavy atom. The smallest absolute Gasteiger partial charge is 0.335 e. The average molecular weight is 553 g/mol. The second kappa shape index (κ2) is 11.8. The Hall–Kier alpha value is -4.10. The van der Waals surface area contributed by atoms with Gasteiger partial charge in [-0.15, -0.1) is 0 Å². The molecule has 1 amide bonds. The summed E-state index contributed by atoms with van der Waals surface area (Å²) in [7, 11) is 1.66. The molecule has 41 heavy (non-hydrogen) atoms. The van der Waals surface area contributed by atoms with Gasteiger partial charge in [0, 0.05) is 18.5 Å². The van der Waals surface area contributed by atoms with Crippen molar-refractivity contribution in [3.05, 3.63) is 77.9 Å². The Kier molecular flexibility index (Phi) is 7.79. The molecule has 4 aromatic rings. The van der Waals surface area contributed by atoms with E-state index in [0.717, 1.165) is 51.9 Å². The molecule has 1 saturated heterocycles. The van der Waals surface area contributed by atoms with E-state index in [9.17, 15) is 14.7 Å². The molecule has 0 radical (unpaired) electrons. The molecule has 2 fully saturated rings. The molecule has 6 rings (SSSR count). The van der Waals surface area contributed by atoms with E-state index in [4.69, 9.17) is 9.47 Å². The number of amides is 1. The normalized spacial score (nSPS) is 16.2. The maximum Gasteiger partial charge on any atom is 0.335 e. The molecule has 0 unspecified atom stereocenters. The Morgan fingerprint density at radius 3 is 2.15 bits per heavy atom. The van der Waals surface area contributed by atoms with Gasteiger partial charge in [-0.1, -0.05) is 61.7 Å². The van der Waals surface area contributed by atoms with Gasteiger partial charge in [0.15, 0.2) is 0 Å². The Balaban J connectivity index is 1.50. The Labute approximate surface area is 240 Å². The molecule has 7 heteroatoms. The summed E-state index contributed by atoms with van der Waals surface area (Å²) < 4.78 is 12.9. The first-order valence-corrected chi connectivity index (χ1v) is 14.5. The molecule has 0 spiro atoms. The molecular formula is C34H36N2O5. The summed E-state index contributed by atoms with van der Waals surface area (Å²) in [5, 5.41) is 10.9. The molecule has 7 nitrogen and oxygen atoms in total. The van der Waals surface area contributed by atoms with Crippen molar-refractivity contribution in [1.82, 2.24) is 9.47 Å². The molecule has 0 bridgehead atoms. The van der Waals surface area contributed by atoms with Crippen LogP contribution in [0.3, 0.4) is 0 Å². The predicted molar refractivity (Wildman–Crippen MR) is 160 cm³/mol. The summed E-state index contributed by atoms with van der Waals surface area (Å²) in [6, 6.07) is 21.9. The van der Waals surface area contributed by atoms with Crippen molar-refractivity contribution in [1.29, 1.82) is 0 Å². The molecule has 1 N–H and O–H groups in total. The number of nitrogens with zero attached hydrogens (tertiary/aromatic N) is 2. The minimum Gasteiger partial charge on any atom is -0.497 e. The van der Waals surface area contributed by atoms with Gasteiger partial charge >= 0.3 is 5.97 Å². The quantitative estimate of drug-likeness (QED) is 0.280. The first-order chi connectivity index (χ1) is 20.0. The van der Waals surface area contributed by atoms with Gasteiger partial charge in [0.2, 0.25) is 5.91 Å². The van der Waals surface area contributed by atoms with Crippen LogP contribution in [0, 0.1) is 0 Å². The second-order valence-corrected chi connectivity index (χ2v) is 11.0. The van der Waals surface area contributed by atoms with Crippen molar-refractivity contribution in [3.8, 4) is 28.1 Å². The SMILES string of the molecule is COc1ccc(-c2ccc(-c3c(C4CCCCC4)c4ccc(C(=O)O)cc4n3CC(=O)N3CCOCC3)cc2)cc1. The van der Waals surface area contributed by atoms with Crippen LogP contribution >= 0.6 is 0 Å². The first-order valence-electron chi connectivity index (χ1n) is 14.5. The number of carbonyl (C=O) groups is 2. The third kappa shape index (κ3) is 5.46. The molecular weight excluding hydrogens is 516 g/mol. The van der Waals surface area contributed by atoms with Gasteiger partial charge in [0.25, 0.3) is 0 Å². The number of hydrogen-bond acceptors (Lipinski definition) is 4. The lowest BCUT2D eigenvalue weighted by molar-refractivity contribution is -0.135. The fourth-order valence-corrected chi connectivity index (χ4v) is 6.44. The largest absolute Gasteiger partial charge is 0.497 e. The van der Waals surface area contributed by atoms with Crippen LogP contribution in [-0.4, -0.2) is 59.9 Å². The zero-order valence-corrected chi connectivity index (χ0v) is 23.5. The average Bonchev–Trinajstić information content (AvgIpc) is 3.35. The van der Waals surface area contributed by atoms with E-state index in [2.05, 4.69) is 28.8 Å². The number of carboxylic acid groups (broad SMARTS) is 1. The van der Waals surface area contributed by atoms with Crippen molar-refractivity contribution in [2.75, 3.05) is 33.4 Å². The highest BCUT2D eigenvalue weighted by molar-refractivity contribution is 5.99. The lowest BCUT2D eigenvalue weighted by Crippen LogP contribution is -2.42. The van der Waals surface area contributed by atoms with Crippen molar-refractivity contribution in [2.45, 2.75) is 44.6 Å². The van der Waals surface area contributed by atoms with Crippen molar-refractivity contribution in [3.63, 3.8) is 0 Å². The van der Waals surface area contributed by atoms with Crippen LogP contribution < -0.4 is 4.74 Å². The van der Waals surface area contributed by atoms with Gasteiger partial charge in [-0.25, -0.2) is 4.79 Å². The minimum atomic E-state index is -0.969. The van der Waals surface area contributed by atoms with Gasteiger partial charge in [-0.05, 0) is 65.3 Å². The number of carbonyl (C=O) groups excluding carboxylic acids is 1. The standard InChI is InChI=1S/C34H36N2O5/c1-40-28-14-11-24(12-15-28)23-7-9-26(10-8-23)33-32(25-5-3-2-4-6-25)29-16-13-27(34(38)39)21-30(29)36(33)22-31(37)35-17-19-41-20-18-35/h7-16,21,25H,2-6,17-20,22H2,1H3,(H,38,39). The zero-order valence-electron chi connectivity index (χ0n) is 23.5. The monoisotopic (exact) mass is 552 g/mol. The van der Waals surface area contributed by atoms with E-state index in [1.807, 2.05) is 35.2 Å². The molecule has 2 aliphatic rings. The number of methoxy groups -OCH3 is 1. The van der Waals surface area contributed by atoms with Crippen LogP contribution in [0.1, 0.15) is 53.9 Å². The summed E-state index contributed by atoms with van der Waals surface area (Å²) in [4.78, 5) is 27.5. The fourth-order valence-electron chi connectivity index (χ4n) is 6.44. The van der Waals surface area contributed by atoms with Gasteiger partial charge in [-0.2, -0.15) is 0 Å². The van der Waals surface area contributed by atoms with E-state index < -0.39 is 5.97 Å². The van der Waals surface area contributed by atoms with E-state index >= 15 is 0 Å². The molecule has 1 aromatic heterocycles. The summed E-state index contributed by atoms with van der Waals surface area (Å²) in [5.41, 5.74) is 6.52. The number of carboxylic acids is 1. The van der Waals surface area contributed by atoms with Gasteiger partial charge < -0.3 is 24.0 Å². The summed E-state index contributed by atoms with van der Waals surface area (Å²) >= 11 is 0. The fraction of sp³-hybridized carbons (Fsp3) is 0.353. The molecule has 2 heterocycles. The Bertz CT molecular complexity index is 1540. The maximum absolute atomic E-state index is 13.6. The predicted octanol–water partition coefficient (Wildman–Crippen LogP) is 6.59. The van der Waals surface area contributed by atoms with Gasteiger partial charge in [0.1, 0.15) is 12.3 Å². The number of hydrogen-bond donors (Lipinski definition) is 1. The number of benzene rings is 3. The maximum atomic E-state index is 13.6. The molecule has 1 aliphatic heterocycles. The molecule has 3 aromatic carbocycles. The van der Waals surface area contributed by atoms with Crippen molar-refractivity contribution < 1.29 is 24.2 Å². The topological polar surface area (TPSA) is 81.0 Å². The molecule has 0 atom stereocenters. The summed E-state index contributed by atoms with van der Waals surface area (Å²) in [5.74, 6) is 0.233. The number of rotatable bonds is 7. The third-order valence-corrected chi connectivity index (χ3v) is 8.60. The number of ether oxygens (including phenoxy) is 2.